The summed E-state index contributed by atoms with van der Waals surface area (Å²) < 4.78 is 5.86. The van der Waals surface area contributed by atoms with Crippen LogP contribution in [0.1, 0.15) is 88.3 Å². The lowest BCUT2D eigenvalue weighted by Crippen LogP contribution is -1.97. The molecule has 3 rings (SSSR count). The molecule has 0 N–H and O–H groups in total. The maximum atomic E-state index is 5.86. The molecule has 0 aliphatic carbocycles. The average Bonchev–Trinajstić information content (AvgIpc) is 2.89. The topological polar surface area (TPSA) is 22.1 Å². The maximum Gasteiger partial charge on any atom is 0.119 e. The standard InChI is InChI=1S/C32H43NO/c1-3-5-7-9-10-12-29-19-24-32(33-26-29)30-20-15-27(16-21-30)13-14-28-17-22-31(23-18-28)34-25-11-8-6-4-2/h15-24,26H,3-14,25H2,1-2H3. The predicted molar refractivity (Wildman–Crippen MR) is 146 cm³/mol. The fraction of sp³-hybridized carbons (Fsp3) is 0.469. The van der Waals surface area contributed by atoms with E-state index in [-0.39, 0.29) is 0 Å². The Bertz CT molecular complexity index is 913. The van der Waals surface area contributed by atoms with Crippen LogP contribution in [0.4, 0.5) is 0 Å². The molecule has 0 spiro atoms. The van der Waals surface area contributed by atoms with Gasteiger partial charge in [0.1, 0.15) is 5.75 Å². The zero-order chi connectivity index (χ0) is 23.8. The Labute approximate surface area is 207 Å². The number of hydrogen-bond donors (Lipinski definition) is 0. The van der Waals surface area contributed by atoms with Gasteiger partial charge in [-0.2, -0.15) is 0 Å². The van der Waals surface area contributed by atoms with Crippen LogP contribution in [0.2, 0.25) is 0 Å². The van der Waals surface area contributed by atoms with E-state index < -0.39 is 0 Å². The Morgan fingerprint density at radius 1 is 0.559 bits per heavy atom. The molecule has 0 amide bonds. The third-order valence-corrected chi connectivity index (χ3v) is 6.54. The van der Waals surface area contributed by atoms with Crippen LogP contribution in [-0.4, -0.2) is 11.6 Å². The van der Waals surface area contributed by atoms with Crippen molar-refractivity contribution in [1.82, 2.24) is 4.98 Å². The van der Waals surface area contributed by atoms with Crippen molar-refractivity contribution in [3.8, 4) is 17.0 Å². The molecule has 1 heterocycles. The Hall–Kier alpha value is -2.61. The summed E-state index contributed by atoms with van der Waals surface area (Å²) in [7, 11) is 0. The Morgan fingerprint density at radius 2 is 1.15 bits per heavy atom. The molecule has 0 atom stereocenters. The lowest BCUT2D eigenvalue weighted by atomic mass is 10.0. The van der Waals surface area contributed by atoms with Gasteiger partial charge in [0.15, 0.2) is 0 Å². The zero-order valence-corrected chi connectivity index (χ0v) is 21.4. The number of ether oxygens (including phenoxy) is 1. The van der Waals surface area contributed by atoms with Gasteiger partial charge in [0.05, 0.1) is 12.3 Å². The fourth-order valence-corrected chi connectivity index (χ4v) is 4.28. The van der Waals surface area contributed by atoms with Crippen LogP contribution in [0, 0.1) is 0 Å². The fourth-order valence-electron chi connectivity index (χ4n) is 4.28. The molecule has 0 bridgehead atoms. The number of rotatable bonds is 16. The Morgan fingerprint density at radius 3 is 1.76 bits per heavy atom. The molecule has 2 aromatic carbocycles. The summed E-state index contributed by atoms with van der Waals surface area (Å²) in [5.41, 5.74) is 6.33. The number of unbranched alkanes of at least 4 members (excludes halogenated alkanes) is 7. The van der Waals surface area contributed by atoms with Crippen molar-refractivity contribution >= 4 is 0 Å². The summed E-state index contributed by atoms with van der Waals surface area (Å²) in [6.45, 7) is 5.32. The van der Waals surface area contributed by atoms with Crippen molar-refractivity contribution < 1.29 is 4.74 Å². The lowest BCUT2D eigenvalue weighted by Gasteiger charge is -2.08. The van der Waals surface area contributed by atoms with Gasteiger partial charge >= 0.3 is 0 Å². The van der Waals surface area contributed by atoms with E-state index >= 15 is 0 Å². The number of aromatic nitrogens is 1. The van der Waals surface area contributed by atoms with Gasteiger partial charge in [0.2, 0.25) is 0 Å². The van der Waals surface area contributed by atoms with E-state index in [0.717, 1.165) is 43.7 Å². The van der Waals surface area contributed by atoms with Crippen LogP contribution in [-0.2, 0) is 19.3 Å². The molecule has 1 aromatic heterocycles. The first kappa shape index (κ1) is 26.0. The normalized spacial score (nSPS) is 11.0. The quantitative estimate of drug-likeness (QED) is 0.200. The summed E-state index contributed by atoms with van der Waals surface area (Å²) in [6, 6.07) is 21.9. The minimum atomic E-state index is 0.822. The summed E-state index contributed by atoms with van der Waals surface area (Å²) in [5, 5.41) is 0. The largest absolute Gasteiger partial charge is 0.494 e. The van der Waals surface area contributed by atoms with E-state index in [1.165, 1.54) is 73.6 Å². The molecular formula is C32H43NO. The average molecular weight is 458 g/mol. The van der Waals surface area contributed by atoms with Crippen LogP contribution in [0.15, 0.2) is 66.9 Å². The van der Waals surface area contributed by atoms with Crippen molar-refractivity contribution in [2.75, 3.05) is 6.61 Å². The van der Waals surface area contributed by atoms with Gasteiger partial charge in [-0.25, -0.2) is 0 Å². The molecule has 0 unspecified atom stereocenters. The highest BCUT2D eigenvalue weighted by Crippen LogP contribution is 2.20. The molecule has 3 aromatic rings. The van der Waals surface area contributed by atoms with Gasteiger partial charge in [-0.1, -0.05) is 101 Å². The highest BCUT2D eigenvalue weighted by atomic mass is 16.5. The first-order valence-corrected chi connectivity index (χ1v) is 13.5. The van der Waals surface area contributed by atoms with E-state index in [2.05, 4.69) is 80.7 Å². The number of aryl methyl sites for hydroxylation is 3. The van der Waals surface area contributed by atoms with Crippen molar-refractivity contribution in [2.24, 2.45) is 0 Å². The lowest BCUT2D eigenvalue weighted by molar-refractivity contribution is 0.305. The number of pyridine rings is 1. The Kier molecular flexibility index (Phi) is 11.7. The van der Waals surface area contributed by atoms with Gasteiger partial charge in [-0.05, 0) is 67.0 Å². The third kappa shape index (κ3) is 9.33. The highest BCUT2D eigenvalue weighted by molar-refractivity contribution is 5.59. The molecule has 0 aliphatic heterocycles. The van der Waals surface area contributed by atoms with E-state index in [1.54, 1.807) is 0 Å². The third-order valence-electron chi connectivity index (χ3n) is 6.54. The van der Waals surface area contributed by atoms with Gasteiger partial charge < -0.3 is 4.74 Å². The summed E-state index contributed by atoms with van der Waals surface area (Å²) in [4.78, 5) is 4.72. The summed E-state index contributed by atoms with van der Waals surface area (Å²) >= 11 is 0. The summed E-state index contributed by atoms with van der Waals surface area (Å²) in [5.74, 6) is 0.986. The van der Waals surface area contributed by atoms with Crippen molar-refractivity contribution in [1.29, 1.82) is 0 Å². The zero-order valence-electron chi connectivity index (χ0n) is 21.4. The van der Waals surface area contributed by atoms with Crippen LogP contribution < -0.4 is 4.74 Å². The second kappa shape index (κ2) is 15.3. The number of benzene rings is 2. The first-order chi connectivity index (χ1) is 16.8. The molecule has 0 saturated carbocycles. The molecule has 0 aliphatic rings. The highest BCUT2D eigenvalue weighted by Gasteiger charge is 2.03. The van der Waals surface area contributed by atoms with E-state index in [4.69, 9.17) is 9.72 Å². The maximum absolute atomic E-state index is 5.86. The van der Waals surface area contributed by atoms with Gasteiger partial charge in [-0.15, -0.1) is 0 Å². The molecule has 2 heteroatoms. The van der Waals surface area contributed by atoms with Crippen molar-refractivity contribution in [3.63, 3.8) is 0 Å². The predicted octanol–water partition coefficient (Wildman–Crippen LogP) is 9.01. The molecule has 2 nitrogen and oxygen atoms in total. The van der Waals surface area contributed by atoms with Crippen molar-refractivity contribution in [2.45, 2.75) is 90.9 Å². The smallest absolute Gasteiger partial charge is 0.119 e. The van der Waals surface area contributed by atoms with Crippen LogP contribution in [0.5, 0.6) is 5.75 Å². The first-order valence-electron chi connectivity index (χ1n) is 13.5. The van der Waals surface area contributed by atoms with Gasteiger partial charge in [-0.3, -0.25) is 4.98 Å². The van der Waals surface area contributed by atoms with Crippen LogP contribution in [0.3, 0.4) is 0 Å². The van der Waals surface area contributed by atoms with Gasteiger partial charge in [0.25, 0.3) is 0 Å². The van der Waals surface area contributed by atoms with E-state index in [9.17, 15) is 0 Å². The monoisotopic (exact) mass is 457 g/mol. The van der Waals surface area contributed by atoms with Gasteiger partial charge in [0, 0.05) is 11.8 Å². The summed E-state index contributed by atoms with van der Waals surface area (Å²) in [6.07, 6.45) is 16.9. The molecule has 0 saturated heterocycles. The second-order valence-electron chi connectivity index (χ2n) is 9.47. The minimum Gasteiger partial charge on any atom is -0.494 e. The molecular weight excluding hydrogens is 414 g/mol. The van der Waals surface area contributed by atoms with E-state index in [1.807, 2.05) is 0 Å². The van der Waals surface area contributed by atoms with Crippen molar-refractivity contribution in [3.05, 3.63) is 83.6 Å². The SMILES string of the molecule is CCCCCCCc1ccc(-c2ccc(CCc3ccc(OCCCCCC)cc3)cc2)nc1. The minimum absolute atomic E-state index is 0.822. The second-order valence-corrected chi connectivity index (χ2v) is 9.47. The molecule has 0 fully saturated rings. The number of hydrogen-bond acceptors (Lipinski definition) is 2. The molecule has 0 radical (unpaired) electrons. The molecule has 182 valence electrons. The van der Waals surface area contributed by atoms with E-state index in [0.29, 0.717) is 0 Å². The van der Waals surface area contributed by atoms with Crippen LogP contribution >= 0.6 is 0 Å². The molecule has 34 heavy (non-hydrogen) atoms. The van der Waals surface area contributed by atoms with Crippen LogP contribution in [0.25, 0.3) is 11.3 Å². The Balaban J connectivity index is 1.41. The number of nitrogens with zero attached hydrogens (tertiary/aromatic N) is 1.